The van der Waals surface area contributed by atoms with Crippen molar-refractivity contribution in [2.75, 3.05) is 7.11 Å². The first kappa shape index (κ1) is 9.15. The minimum absolute atomic E-state index is 0.459. The Bertz CT molecular complexity index is 315. The zero-order chi connectivity index (χ0) is 8.97. The van der Waals surface area contributed by atoms with Crippen molar-refractivity contribution in [1.82, 2.24) is 14.8 Å². The van der Waals surface area contributed by atoms with Gasteiger partial charge >= 0.3 is 0 Å². The van der Waals surface area contributed by atoms with E-state index in [4.69, 9.17) is 17.0 Å². The predicted molar refractivity (Wildman–Crippen MR) is 48.3 cm³/mol. The molecule has 1 rings (SSSR count). The van der Waals surface area contributed by atoms with Crippen LogP contribution in [-0.2, 0) is 17.9 Å². The van der Waals surface area contributed by atoms with Crippen LogP contribution >= 0.6 is 12.2 Å². The second-order valence-corrected chi connectivity index (χ2v) is 2.66. The predicted octanol–water partition coefficient (Wildman–Crippen LogP) is 1.27. The molecule has 0 aliphatic carbocycles. The number of rotatable bonds is 4. The molecule has 0 aliphatic heterocycles. The molecular weight excluding hydrogens is 174 g/mol. The average molecular weight is 185 g/mol. The Hall–Kier alpha value is -0.940. The van der Waals surface area contributed by atoms with Crippen LogP contribution in [0.2, 0.25) is 0 Å². The number of hydrogen-bond donors (Lipinski definition) is 1. The van der Waals surface area contributed by atoms with Gasteiger partial charge in [0.25, 0.3) is 0 Å². The van der Waals surface area contributed by atoms with Crippen molar-refractivity contribution < 1.29 is 4.74 Å². The van der Waals surface area contributed by atoms with Crippen LogP contribution in [0.4, 0.5) is 0 Å². The lowest BCUT2D eigenvalue weighted by Crippen LogP contribution is -2.03. The van der Waals surface area contributed by atoms with Gasteiger partial charge in [-0.1, -0.05) is 6.08 Å². The Labute approximate surface area is 75.9 Å². The van der Waals surface area contributed by atoms with E-state index in [1.54, 1.807) is 13.2 Å². The Morgan fingerprint density at radius 3 is 3.17 bits per heavy atom. The highest BCUT2D eigenvalue weighted by molar-refractivity contribution is 7.71. The van der Waals surface area contributed by atoms with Crippen molar-refractivity contribution in [1.29, 1.82) is 0 Å². The smallest absolute Gasteiger partial charge is 0.195 e. The molecule has 12 heavy (non-hydrogen) atoms. The third kappa shape index (κ3) is 1.80. The first-order valence-electron chi connectivity index (χ1n) is 3.53. The molecular formula is C7H11N3OS. The maximum absolute atomic E-state index is 4.99. The van der Waals surface area contributed by atoms with Gasteiger partial charge in [0.05, 0.1) is 0 Å². The molecule has 1 aromatic rings. The van der Waals surface area contributed by atoms with E-state index >= 15 is 0 Å². The number of ether oxygens (including phenoxy) is 1. The monoisotopic (exact) mass is 185 g/mol. The van der Waals surface area contributed by atoms with Gasteiger partial charge in [0, 0.05) is 13.7 Å². The topological polar surface area (TPSA) is 42.8 Å². The zero-order valence-corrected chi connectivity index (χ0v) is 7.73. The van der Waals surface area contributed by atoms with Gasteiger partial charge in [-0.3, -0.25) is 9.67 Å². The maximum atomic E-state index is 4.99. The van der Waals surface area contributed by atoms with Crippen molar-refractivity contribution in [2.45, 2.75) is 13.2 Å². The van der Waals surface area contributed by atoms with Gasteiger partial charge in [-0.15, -0.1) is 6.58 Å². The molecule has 0 bridgehead atoms. The molecule has 4 nitrogen and oxygen atoms in total. The largest absolute Gasteiger partial charge is 0.377 e. The van der Waals surface area contributed by atoms with Crippen LogP contribution in [0.3, 0.4) is 0 Å². The first-order chi connectivity index (χ1) is 5.79. The Morgan fingerprint density at radius 1 is 1.83 bits per heavy atom. The van der Waals surface area contributed by atoms with Gasteiger partial charge in [-0.2, -0.15) is 5.10 Å². The molecule has 0 aliphatic rings. The van der Waals surface area contributed by atoms with Crippen LogP contribution in [0.1, 0.15) is 5.82 Å². The summed E-state index contributed by atoms with van der Waals surface area (Å²) in [5.41, 5.74) is 0. The molecule has 0 aromatic carbocycles. The quantitative estimate of drug-likeness (QED) is 0.567. The van der Waals surface area contributed by atoms with Crippen molar-refractivity contribution in [3.05, 3.63) is 23.3 Å². The third-order valence-corrected chi connectivity index (χ3v) is 1.73. The maximum Gasteiger partial charge on any atom is 0.195 e. The summed E-state index contributed by atoms with van der Waals surface area (Å²) in [5.74, 6) is 0.794. The van der Waals surface area contributed by atoms with Gasteiger partial charge in [0.2, 0.25) is 0 Å². The fourth-order valence-corrected chi connectivity index (χ4v) is 1.13. The standard InChI is InChI=1S/C7H11N3OS/c1-3-4-10-6(5-11-2)8-9-7(10)12/h3H,1,4-5H2,2H3,(H,9,12). The van der Waals surface area contributed by atoms with Crippen LogP contribution < -0.4 is 0 Å². The lowest BCUT2D eigenvalue weighted by molar-refractivity contribution is 0.174. The van der Waals surface area contributed by atoms with E-state index in [1.807, 2.05) is 4.57 Å². The lowest BCUT2D eigenvalue weighted by atomic mass is 10.5. The summed E-state index contributed by atoms with van der Waals surface area (Å²) in [6.07, 6.45) is 1.77. The molecule has 0 saturated heterocycles. The van der Waals surface area contributed by atoms with Crippen LogP contribution in [0.25, 0.3) is 0 Å². The van der Waals surface area contributed by atoms with E-state index in [0.29, 0.717) is 17.9 Å². The second-order valence-electron chi connectivity index (χ2n) is 2.28. The minimum atomic E-state index is 0.459. The fraction of sp³-hybridized carbons (Fsp3) is 0.429. The third-order valence-electron chi connectivity index (χ3n) is 1.42. The van der Waals surface area contributed by atoms with E-state index in [1.165, 1.54) is 0 Å². The molecule has 0 atom stereocenters. The van der Waals surface area contributed by atoms with Crippen LogP contribution in [-0.4, -0.2) is 21.9 Å². The van der Waals surface area contributed by atoms with Crippen LogP contribution in [0.15, 0.2) is 12.7 Å². The normalized spacial score (nSPS) is 10.1. The number of hydrogen-bond acceptors (Lipinski definition) is 3. The second kappa shape index (κ2) is 4.18. The molecule has 0 spiro atoms. The molecule has 0 fully saturated rings. The number of aromatic nitrogens is 3. The minimum Gasteiger partial charge on any atom is -0.377 e. The van der Waals surface area contributed by atoms with E-state index in [0.717, 1.165) is 5.82 Å². The molecule has 1 N–H and O–H groups in total. The molecule has 0 saturated carbocycles. The first-order valence-corrected chi connectivity index (χ1v) is 3.94. The van der Waals surface area contributed by atoms with Gasteiger partial charge in [-0.05, 0) is 12.2 Å². The summed E-state index contributed by atoms with van der Waals surface area (Å²) < 4.78 is 7.38. The summed E-state index contributed by atoms with van der Waals surface area (Å²) in [4.78, 5) is 0. The van der Waals surface area contributed by atoms with Crippen LogP contribution in [0.5, 0.6) is 0 Å². The summed E-state index contributed by atoms with van der Waals surface area (Å²) in [5, 5.41) is 6.69. The Morgan fingerprint density at radius 2 is 2.58 bits per heavy atom. The summed E-state index contributed by atoms with van der Waals surface area (Å²) >= 11 is 4.99. The fourth-order valence-electron chi connectivity index (χ4n) is 0.907. The van der Waals surface area contributed by atoms with E-state index in [-0.39, 0.29) is 0 Å². The molecule has 1 aromatic heterocycles. The number of H-pyrrole nitrogens is 1. The van der Waals surface area contributed by atoms with Crippen LogP contribution in [0, 0.1) is 4.77 Å². The Balaban J connectivity index is 2.95. The highest BCUT2D eigenvalue weighted by Gasteiger charge is 2.02. The van der Waals surface area contributed by atoms with Crippen molar-refractivity contribution in [3.8, 4) is 0 Å². The molecule has 0 amide bonds. The summed E-state index contributed by atoms with van der Waals surface area (Å²) in [6.45, 7) is 4.75. The highest BCUT2D eigenvalue weighted by Crippen LogP contribution is 1.99. The molecule has 0 unspecified atom stereocenters. The highest BCUT2D eigenvalue weighted by atomic mass is 32.1. The van der Waals surface area contributed by atoms with E-state index < -0.39 is 0 Å². The average Bonchev–Trinajstić information content (AvgIpc) is 2.37. The van der Waals surface area contributed by atoms with E-state index in [2.05, 4.69) is 16.8 Å². The number of nitrogens with zero attached hydrogens (tertiary/aromatic N) is 2. The van der Waals surface area contributed by atoms with E-state index in [9.17, 15) is 0 Å². The summed E-state index contributed by atoms with van der Waals surface area (Å²) in [6, 6.07) is 0. The number of aromatic amines is 1. The molecule has 1 heterocycles. The van der Waals surface area contributed by atoms with Gasteiger partial charge < -0.3 is 4.74 Å². The number of methoxy groups -OCH3 is 1. The van der Waals surface area contributed by atoms with Crippen molar-refractivity contribution >= 4 is 12.2 Å². The van der Waals surface area contributed by atoms with Gasteiger partial charge in [0.1, 0.15) is 6.61 Å². The molecule has 0 radical (unpaired) electrons. The Kier molecular flexibility index (Phi) is 3.19. The van der Waals surface area contributed by atoms with Gasteiger partial charge in [0.15, 0.2) is 10.6 Å². The molecule has 66 valence electrons. The van der Waals surface area contributed by atoms with Crippen molar-refractivity contribution in [2.24, 2.45) is 0 Å². The SMILES string of the molecule is C=CCn1c(COC)n[nH]c1=S. The van der Waals surface area contributed by atoms with Gasteiger partial charge in [-0.25, -0.2) is 0 Å². The molecule has 5 heteroatoms. The lowest BCUT2D eigenvalue weighted by Gasteiger charge is -2.00. The number of nitrogens with one attached hydrogen (secondary N) is 1. The van der Waals surface area contributed by atoms with Crippen molar-refractivity contribution in [3.63, 3.8) is 0 Å². The summed E-state index contributed by atoms with van der Waals surface area (Å²) in [7, 11) is 1.62. The number of allylic oxidation sites excluding steroid dienone is 1. The zero-order valence-electron chi connectivity index (χ0n) is 6.91.